The Balaban J connectivity index is 2.44. The van der Waals surface area contributed by atoms with Gasteiger partial charge in [-0.05, 0) is 24.3 Å². The highest BCUT2D eigenvalue weighted by atomic mass is 16.4. The molecule has 1 aromatic carbocycles. The van der Waals surface area contributed by atoms with E-state index in [1.165, 1.54) is 0 Å². The van der Waals surface area contributed by atoms with Crippen molar-refractivity contribution in [2.24, 2.45) is 5.73 Å². The molecule has 116 valence electrons. The van der Waals surface area contributed by atoms with Gasteiger partial charge in [0, 0.05) is 29.9 Å². The average molecular weight is 304 g/mol. The summed E-state index contributed by atoms with van der Waals surface area (Å²) in [6, 6.07) is 6.32. The summed E-state index contributed by atoms with van der Waals surface area (Å²) >= 11 is 0. The molecule has 8 nitrogen and oxygen atoms in total. The van der Waals surface area contributed by atoms with Gasteiger partial charge in [0.2, 0.25) is 11.8 Å². The first kappa shape index (κ1) is 16.9. The third-order valence-corrected chi connectivity index (χ3v) is 2.49. The molecule has 0 aliphatic rings. The zero-order chi connectivity index (χ0) is 16.5. The zero-order valence-corrected chi connectivity index (χ0v) is 11.6. The van der Waals surface area contributed by atoms with Crippen LogP contribution in [0.15, 0.2) is 36.4 Å². The lowest BCUT2D eigenvalue weighted by Gasteiger charge is -2.03. The van der Waals surface area contributed by atoms with Gasteiger partial charge in [-0.1, -0.05) is 0 Å². The minimum atomic E-state index is -1.02. The molecule has 0 aromatic heterocycles. The van der Waals surface area contributed by atoms with E-state index < -0.39 is 17.8 Å². The second-order valence-electron chi connectivity index (χ2n) is 4.25. The lowest BCUT2D eigenvalue weighted by atomic mass is 10.2. The van der Waals surface area contributed by atoms with E-state index in [1.807, 2.05) is 0 Å². The molecular formula is C14H16N4O4. The maximum absolute atomic E-state index is 11.6. The lowest BCUT2D eigenvalue weighted by molar-refractivity contribution is -0.136. The summed E-state index contributed by atoms with van der Waals surface area (Å²) in [5.41, 5.74) is 6.33. The van der Waals surface area contributed by atoms with Crippen LogP contribution in [0, 0.1) is 5.41 Å². The first-order valence-corrected chi connectivity index (χ1v) is 6.31. The van der Waals surface area contributed by atoms with E-state index in [-0.39, 0.29) is 18.8 Å². The van der Waals surface area contributed by atoms with Crippen molar-refractivity contribution in [1.82, 2.24) is 5.32 Å². The SMILES string of the molecule is N=C(N)c1ccc(NC(=O)/C=C\C(=O)NCCC(=O)O)cc1. The number of carbonyl (C=O) groups excluding carboxylic acids is 2. The van der Waals surface area contributed by atoms with Gasteiger partial charge in [0.15, 0.2) is 0 Å². The molecule has 0 aliphatic heterocycles. The summed E-state index contributed by atoms with van der Waals surface area (Å²) in [4.78, 5) is 33.1. The Morgan fingerprint density at radius 1 is 1.14 bits per heavy atom. The highest BCUT2D eigenvalue weighted by Crippen LogP contribution is 2.08. The van der Waals surface area contributed by atoms with Crippen LogP contribution >= 0.6 is 0 Å². The molecule has 6 N–H and O–H groups in total. The summed E-state index contributed by atoms with van der Waals surface area (Å²) in [5.74, 6) is -2.15. The lowest BCUT2D eigenvalue weighted by Crippen LogP contribution is -2.24. The number of carboxylic acid groups (broad SMARTS) is 1. The van der Waals surface area contributed by atoms with Crippen molar-refractivity contribution >= 4 is 29.3 Å². The van der Waals surface area contributed by atoms with Gasteiger partial charge in [-0.15, -0.1) is 0 Å². The summed E-state index contributed by atoms with van der Waals surface area (Å²) in [6.07, 6.45) is 1.87. The fourth-order valence-corrected chi connectivity index (χ4v) is 1.42. The maximum atomic E-state index is 11.6. The minimum absolute atomic E-state index is 0.00731. The molecule has 1 aromatic rings. The van der Waals surface area contributed by atoms with Crippen molar-refractivity contribution in [3.8, 4) is 0 Å². The van der Waals surface area contributed by atoms with Crippen LogP contribution in [-0.4, -0.2) is 35.3 Å². The number of amidine groups is 1. The van der Waals surface area contributed by atoms with Crippen LogP contribution in [0.25, 0.3) is 0 Å². The monoisotopic (exact) mass is 304 g/mol. The number of benzene rings is 1. The van der Waals surface area contributed by atoms with Crippen molar-refractivity contribution in [3.05, 3.63) is 42.0 Å². The molecule has 0 unspecified atom stereocenters. The molecule has 0 heterocycles. The van der Waals surface area contributed by atoms with Crippen LogP contribution < -0.4 is 16.4 Å². The fourth-order valence-electron chi connectivity index (χ4n) is 1.42. The standard InChI is InChI=1S/C14H16N4O4/c15-14(16)9-1-3-10(4-2-9)18-12(20)6-5-11(19)17-8-7-13(21)22/h1-6H,7-8H2,(H3,15,16)(H,17,19)(H,18,20)(H,21,22)/b6-5-. The number of carbonyl (C=O) groups is 3. The number of nitrogen functional groups attached to an aromatic ring is 1. The number of hydrogen-bond acceptors (Lipinski definition) is 4. The fraction of sp³-hybridized carbons (Fsp3) is 0.143. The Labute approximate surface area is 126 Å². The van der Waals surface area contributed by atoms with Gasteiger partial charge < -0.3 is 21.5 Å². The molecule has 0 fully saturated rings. The summed E-state index contributed by atoms with van der Waals surface area (Å²) < 4.78 is 0. The van der Waals surface area contributed by atoms with Crippen LogP contribution in [-0.2, 0) is 14.4 Å². The van der Waals surface area contributed by atoms with Crippen molar-refractivity contribution < 1.29 is 19.5 Å². The molecule has 8 heteroatoms. The Morgan fingerprint density at radius 2 is 1.73 bits per heavy atom. The molecule has 1 rings (SSSR count). The second-order valence-corrected chi connectivity index (χ2v) is 4.25. The molecule has 22 heavy (non-hydrogen) atoms. The van der Waals surface area contributed by atoms with Crippen LogP contribution in [0.2, 0.25) is 0 Å². The van der Waals surface area contributed by atoms with Crippen molar-refractivity contribution in [2.45, 2.75) is 6.42 Å². The number of aliphatic carboxylic acids is 1. The Kier molecular flexibility index (Phi) is 6.30. The number of anilines is 1. The largest absolute Gasteiger partial charge is 0.481 e. The Bertz CT molecular complexity index is 608. The number of nitrogens with two attached hydrogens (primary N) is 1. The van der Waals surface area contributed by atoms with Crippen LogP contribution in [0.4, 0.5) is 5.69 Å². The first-order chi connectivity index (χ1) is 10.4. The predicted octanol–water partition coefficient (Wildman–Crippen LogP) is 0.0563. The maximum Gasteiger partial charge on any atom is 0.305 e. The third kappa shape index (κ3) is 6.33. The van der Waals surface area contributed by atoms with E-state index in [9.17, 15) is 14.4 Å². The predicted molar refractivity (Wildman–Crippen MR) is 80.5 cm³/mol. The number of hydrogen-bond donors (Lipinski definition) is 5. The van der Waals surface area contributed by atoms with Crippen LogP contribution in [0.3, 0.4) is 0 Å². The van der Waals surface area contributed by atoms with Gasteiger partial charge >= 0.3 is 5.97 Å². The first-order valence-electron chi connectivity index (χ1n) is 6.31. The number of amides is 2. The van der Waals surface area contributed by atoms with Gasteiger partial charge in [-0.2, -0.15) is 0 Å². The molecule has 0 saturated heterocycles. The quantitative estimate of drug-likeness (QED) is 0.274. The van der Waals surface area contributed by atoms with Crippen molar-refractivity contribution in [1.29, 1.82) is 5.41 Å². The van der Waals surface area contributed by atoms with E-state index in [0.29, 0.717) is 11.3 Å². The smallest absolute Gasteiger partial charge is 0.305 e. The molecule has 0 aliphatic carbocycles. The van der Waals surface area contributed by atoms with Gasteiger partial charge in [-0.25, -0.2) is 0 Å². The second kappa shape index (κ2) is 8.20. The summed E-state index contributed by atoms with van der Waals surface area (Å²) in [5, 5.41) is 20.5. The number of rotatable bonds is 7. The molecular weight excluding hydrogens is 288 g/mol. The van der Waals surface area contributed by atoms with Crippen molar-refractivity contribution in [3.63, 3.8) is 0 Å². The van der Waals surface area contributed by atoms with Gasteiger partial charge in [-0.3, -0.25) is 19.8 Å². The molecule has 0 spiro atoms. The Hall–Kier alpha value is -3.16. The van der Waals surface area contributed by atoms with Crippen molar-refractivity contribution in [2.75, 3.05) is 11.9 Å². The van der Waals surface area contributed by atoms with E-state index >= 15 is 0 Å². The van der Waals surface area contributed by atoms with E-state index in [1.54, 1.807) is 24.3 Å². The average Bonchev–Trinajstić information content (AvgIpc) is 2.45. The van der Waals surface area contributed by atoms with Gasteiger partial charge in [0.05, 0.1) is 6.42 Å². The van der Waals surface area contributed by atoms with Crippen LogP contribution in [0.5, 0.6) is 0 Å². The summed E-state index contributed by atoms with van der Waals surface area (Å²) in [6.45, 7) is -0.00731. The highest BCUT2D eigenvalue weighted by Gasteiger charge is 2.02. The van der Waals surface area contributed by atoms with Crippen LogP contribution in [0.1, 0.15) is 12.0 Å². The molecule has 0 atom stereocenters. The number of nitrogens with one attached hydrogen (secondary N) is 3. The third-order valence-electron chi connectivity index (χ3n) is 2.49. The normalized spacial score (nSPS) is 10.2. The number of carboxylic acids is 1. The molecule has 2 amide bonds. The zero-order valence-electron chi connectivity index (χ0n) is 11.6. The van der Waals surface area contributed by atoms with E-state index in [4.69, 9.17) is 16.2 Å². The molecule has 0 radical (unpaired) electrons. The minimum Gasteiger partial charge on any atom is -0.481 e. The Morgan fingerprint density at radius 3 is 2.27 bits per heavy atom. The van der Waals surface area contributed by atoms with E-state index in [2.05, 4.69) is 10.6 Å². The van der Waals surface area contributed by atoms with Gasteiger partial charge in [0.1, 0.15) is 5.84 Å². The molecule has 0 bridgehead atoms. The van der Waals surface area contributed by atoms with E-state index in [0.717, 1.165) is 12.2 Å². The summed E-state index contributed by atoms with van der Waals surface area (Å²) in [7, 11) is 0. The van der Waals surface area contributed by atoms with Gasteiger partial charge in [0.25, 0.3) is 0 Å². The molecule has 0 saturated carbocycles. The highest BCUT2D eigenvalue weighted by molar-refractivity contribution is 6.03. The topological polar surface area (TPSA) is 145 Å².